The van der Waals surface area contributed by atoms with Crippen molar-refractivity contribution in [3.8, 4) is 0 Å². The number of para-hydroxylation sites is 1. The first-order chi connectivity index (χ1) is 14.5. The summed E-state index contributed by atoms with van der Waals surface area (Å²) in [5.41, 5.74) is 3.29. The fourth-order valence-corrected chi connectivity index (χ4v) is 3.52. The Kier molecular flexibility index (Phi) is 5.44. The van der Waals surface area contributed by atoms with E-state index in [9.17, 15) is 9.59 Å². The number of aryl methyl sites for hydroxylation is 1. The molecular formula is C25H23N3O2. The number of nitrogens with one attached hydrogen (secondary N) is 1. The van der Waals surface area contributed by atoms with Gasteiger partial charge in [0.15, 0.2) is 0 Å². The van der Waals surface area contributed by atoms with Gasteiger partial charge in [-0.1, -0.05) is 66.7 Å². The SMILES string of the molecule is Cc1ccccc1NC(=O)[C@H](C)n1nc(Cc2ccccc2)c2ccccc2c1=O. The normalized spacial score (nSPS) is 11.9. The lowest BCUT2D eigenvalue weighted by atomic mass is 10.0. The molecule has 5 heteroatoms. The molecule has 0 aliphatic rings. The maximum Gasteiger partial charge on any atom is 0.275 e. The van der Waals surface area contributed by atoms with Crippen molar-refractivity contribution in [3.63, 3.8) is 0 Å². The number of fused-ring (bicyclic) bond motifs is 1. The van der Waals surface area contributed by atoms with E-state index in [0.717, 1.165) is 27.9 Å². The molecule has 0 aliphatic carbocycles. The summed E-state index contributed by atoms with van der Waals surface area (Å²) in [4.78, 5) is 26.0. The zero-order valence-electron chi connectivity index (χ0n) is 17.0. The molecule has 150 valence electrons. The zero-order valence-corrected chi connectivity index (χ0v) is 17.0. The molecule has 0 spiro atoms. The van der Waals surface area contributed by atoms with Crippen LogP contribution >= 0.6 is 0 Å². The molecule has 0 radical (unpaired) electrons. The molecule has 1 atom stereocenters. The minimum absolute atomic E-state index is 0.269. The molecule has 30 heavy (non-hydrogen) atoms. The molecule has 3 aromatic carbocycles. The molecule has 0 unspecified atom stereocenters. The Balaban J connectivity index is 1.74. The fraction of sp³-hybridized carbons (Fsp3) is 0.160. The molecule has 5 nitrogen and oxygen atoms in total. The minimum Gasteiger partial charge on any atom is -0.324 e. The van der Waals surface area contributed by atoms with Crippen LogP contribution in [0.3, 0.4) is 0 Å². The summed E-state index contributed by atoms with van der Waals surface area (Å²) in [6.45, 7) is 3.63. The first kappa shape index (κ1) is 19.6. The van der Waals surface area contributed by atoms with Crippen molar-refractivity contribution in [2.75, 3.05) is 5.32 Å². The Labute approximate surface area is 175 Å². The van der Waals surface area contributed by atoms with Gasteiger partial charge in [0, 0.05) is 17.5 Å². The molecule has 4 aromatic rings. The van der Waals surface area contributed by atoms with Gasteiger partial charge in [0.05, 0.1) is 11.1 Å². The monoisotopic (exact) mass is 397 g/mol. The first-order valence-corrected chi connectivity index (χ1v) is 9.95. The third-order valence-electron chi connectivity index (χ3n) is 5.27. The van der Waals surface area contributed by atoms with Crippen LogP contribution in [0.2, 0.25) is 0 Å². The van der Waals surface area contributed by atoms with Crippen LogP contribution in [0.1, 0.15) is 29.8 Å². The lowest BCUT2D eigenvalue weighted by Crippen LogP contribution is -2.34. The molecule has 1 N–H and O–H groups in total. The van der Waals surface area contributed by atoms with Crippen LogP contribution < -0.4 is 10.9 Å². The maximum absolute atomic E-state index is 13.1. The summed E-state index contributed by atoms with van der Waals surface area (Å²) in [5.74, 6) is -0.278. The van der Waals surface area contributed by atoms with Crippen LogP contribution in [-0.2, 0) is 11.2 Å². The number of amides is 1. The van der Waals surface area contributed by atoms with E-state index < -0.39 is 6.04 Å². The summed E-state index contributed by atoms with van der Waals surface area (Å²) in [6, 6.07) is 24.2. The summed E-state index contributed by atoms with van der Waals surface area (Å²) in [5, 5.41) is 8.92. The smallest absolute Gasteiger partial charge is 0.275 e. The molecule has 0 bridgehead atoms. The number of hydrogen-bond donors (Lipinski definition) is 1. The highest BCUT2D eigenvalue weighted by Crippen LogP contribution is 2.19. The van der Waals surface area contributed by atoms with Crippen molar-refractivity contribution in [2.45, 2.75) is 26.3 Å². The molecule has 1 aromatic heterocycles. The zero-order chi connectivity index (χ0) is 21.1. The number of carbonyl (C=O) groups is 1. The lowest BCUT2D eigenvalue weighted by Gasteiger charge is -2.17. The van der Waals surface area contributed by atoms with Crippen LogP contribution in [-0.4, -0.2) is 15.7 Å². The fourth-order valence-electron chi connectivity index (χ4n) is 3.52. The highest BCUT2D eigenvalue weighted by atomic mass is 16.2. The van der Waals surface area contributed by atoms with Crippen LogP contribution in [0.5, 0.6) is 0 Å². The highest BCUT2D eigenvalue weighted by molar-refractivity contribution is 5.94. The largest absolute Gasteiger partial charge is 0.324 e. The number of nitrogens with zero attached hydrogens (tertiary/aromatic N) is 2. The van der Waals surface area contributed by atoms with Crippen LogP contribution in [0, 0.1) is 6.92 Å². The van der Waals surface area contributed by atoms with E-state index >= 15 is 0 Å². The molecule has 4 rings (SSSR count). The number of hydrogen-bond acceptors (Lipinski definition) is 3. The number of carbonyl (C=O) groups excluding carboxylic acids is 1. The Morgan fingerprint density at radius 1 is 0.933 bits per heavy atom. The highest BCUT2D eigenvalue weighted by Gasteiger charge is 2.21. The van der Waals surface area contributed by atoms with Crippen molar-refractivity contribution in [1.29, 1.82) is 0 Å². The molecule has 0 saturated heterocycles. The van der Waals surface area contributed by atoms with Crippen molar-refractivity contribution in [3.05, 3.63) is 106 Å². The van der Waals surface area contributed by atoms with Gasteiger partial charge in [-0.3, -0.25) is 9.59 Å². The summed E-state index contributed by atoms with van der Waals surface area (Å²) in [7, 11) is 0. The van der Waals surface area contributed by atoms with Gasteiger partial charge in [-0.15, -0.1) is 0 Å². The average molecular weight is 397 g/mol. The summed E-state index contributed by atoms with van der Waals surface area (Å²) < 4.78 is 1.30. The van der Waals surface area contributed by atoms with E-state index in [2.05, 4.69) is 10.4 Å². The van der Waals surface area contributed by atoms with Gasteiger partial charge in [-0.2, -0.15) is 5.10 Å². The van der Waals surface area contributed by atoms with Gasteiger partial charge in [0.2, 0.25) is 5.91 Å². The molecular weight excluding hydrogens is 374 g/mol. The summed E-state index contributed by atoms with van der Waals surface area (Å²) >= 11 is 0. The predicted octanol–water partition coefficient (Wildman–Crippen LogP) is 4.50. The minimum atomic E-state index is -0.753. The van der Waals surface area contributed by atoms with Crippen molar-refractivity contribution in [1.82, 2.24) is 9.78 Å². The van der Waals surface area contributed by atoms with Crippen LogP contribution in [0.4, 0.5) is 5.69 Å². The van der Waals surface area contributed by atoms with E-state index in [1.807, 2.05) is 79.7 Å². The van der Waals surface area contributed by atoms with Crippen molar-refractivity contribution < 1.29 is 4.79 Å². The average Bonchev–Trinajstić information content (AvgIpc) is 2.77. The topological polar surface area (TPSA) is 64.0 Å². The third-order valence-corrected chi connectivity index (χ3v) is 5.27. The third kappa shape index (κ3) is 3.87. The maximum atomic E-state index is 13.1. The molecule has 0 fully saturated rings. The van der Waals surface area contributed by atoms with Gasteiger partial charge in [-0.25, -0.2) is 4.68 Å². The van der Waals surface area contributed by atoms with Gasteiger partial charge in [-0.05, 0) is 37.1 Å². The van der Waals surface area contributed by atoms with Crippen LogP contribution in [0.25, 0.3) is 10.8 Å². The molecule has 0 saturated carbocycles. The van der Waals surface area contributed by atoms with Crippen molar-refractivity contribution >= 4 is 22.4 Å². The lowest BCUT2D eigenvalue weighted by molar-refractivity contribution is -0.119. The van der Waals surface area contributed by atoms with E-state index in [-0.39, 0.29) is 11.5 Å². The summed E-state index contributed by atoms with van der Waals surface area (Å²) in [6.07, 6.45) is 0.577. The van der Waals surface area contributed by atoms with Gasteiger partial charge >= 0.3 is 0 Å². The Morgan fingerprint density at radius 3 is 2.30 bits per heavy atom. The Bertz CT molecular complexity index is 1260. The van der Waals surface area contributed by atoms with Gasteiger partial charge < -0.3 is 5.32 Å². The quantitative estimate of drug-likeness (QED) is 0.539. The molecule has 1 amide bonds. The Morgan fingerprint density at radius 2 is 1.57 bits per heavy atom. The Hall–Kier alpha value is -3.73. The number of rotatable bonds is 5. The molecule has 0 aliphatic heterocycles. The van der Waals surface area contributed by atoms with Crippen LogP contribution in [0.15, 0.2) is 83.7 Å². The van der Waals surface area contributed by atoms with E-state index in [0.29, 0.717) is 11.8 Å². The number of anilines is 1. The number of benzene rings is 3. The molecule has 1 heterocycles. The van der Waals surface area contributed by atoms with E-state index in [4.69, 9.17) is 0 Å². The standard InChI is InChI=1S/C25H23N3O2/c1-17-10-6-9-15-22(17)26-24(29)18(2)28-25(30)21-14-8-7-13-20(21)23(27-28)16-19-11-4-3-5-12-19/h3-15,18H,16H2,1-2H3,(H,26,29)/t18-/m0/s1. The first-order valence-electron chi connectivity index (χ1n) is 9.95. The van der Waals surface area contributed by atoms with Gasteiger partial charge in [0.25, 0.3) is 5.56 Å². The number of aromatic nitrogens is 2. The predicted molar refractivity (Wildman–Crippen MR) is 120 cm³/mol. The van der Waals surface area contributed by atoms with Gasteiger partial charge in [0.1, 0.15) is 6.04 Å². The van der Waals surface area contributed by atoms with Crippen molar-refractivity contribution in [2.24, 2.45) is 0 Å². The van der Waals surface area contributed by atoms with E-state index in [1.54, 1.807) is 13.0 Å². The second kappa shape index (κ2) is 8.33. The second-order valence-electron chi connectivity index (χ2n) is 7.38. The second-order valence-corrected chi connectivity index (χ2v) is 7.38. The van der Waals surface area contributed by atoms with E-state index in [1.165, 1.54) is 4.68 Å².